The van der Waals surface area contributed by atoms with Gasteiger partial charge in [0.25, 0.3) is 0 Å². The van der Waals surface area contributed by atoms with Gasteiger partial charge in [0.2, 0.25) is 0 Å². The average Bonchev–Trinajstić information content (AvgIpc) is 2.32. The highest BCUT2D eigenvalue weighted by Gasteiger charge is 2.25. The molecule has 2 nitrogen and oxygen atoms in total. The maximum absolute atomic E-state index is 13.3. The number of halogens is 2. The summed E-state index contributed by atoms with van der Waals surface area (Å²) in [5.41, 5.74) is 1.60. The maximum atomic E-state index is 13.3. The van der Waals surface area contributed by atoms with Crippen molar-refractivity contribution in [2.24, 2.45) is 0 Å². The fraction of sp³-hybridized carbons (Fsp3) is 0.0769. The molecule has 2 aromatic carbocycles. The van der Waals surface area contributed by atoms with Gasteiger partial charge in [-0.15, -0.1) is 0 Å². The molecule has 0 spiro atoms. The van der Waals surface area contributed by atoms with Crippen LogP contribution in [0.4, 0.5) is 14.5 Å². The molecule has 5 heteroatoms. The number of thiol groups is 1. The summed E-state index contributed by atoms with van der Waals surface area (Å²) in [6.45, 7) is 0. The van der Waals surface area contributed by atoms with Gasteiger partial charge in [-0.2, -0.15) is 0 Å². The third kappa shape index (κ3) is 1.54. The Balaban J connectivity index is 2.37. The van der Waals surface area contributed by atoms with Gasteiger partial charge in [-0.1, -0.05) is 18.2 Å². The van der Waals surface area contributed by atoms with Gasteiger partial charge in [-0.05, 0) is 27.8 Å². The number of benzene rings is 2. The number of hydrogen-bond donors (Lipinski definition) is 2. The normalized spacial score (nSPS) is 17.3. The zero-order valence-corrected chi connectivity index (χ0v) is 10.5. The van der Waals surface area contributed by atoms with Gasteiger partial charge in [-0.3, -0.25) is 4.21 Å². The van der Waals surface area contributed by atoms with Gasteiger partial charge in [0.05, 0.1) is 5.69 Å². The first-order valence-electron chi connectivity index (χ1n) is 5.44. The van der Waals surface area contributed by atoms with Crippen molar-refractivity contribution in [2.75, 3.05) is 11.0 Å². The molecule has 0 aliphatic carbocycles. The van der Waals surface area contributed by atoms with Crippen LogP contribution in [-0.2, 0) is 10.1 Å². The van der Waals surface area contributed by atoms with Crippen molar-refractivity contribution in [3.63, 3.8) is 0 Å². The summed E-state index contributed by atoms with van der Waals surface area (Å²) < 4.78 is 41.8. The molecular formula is C13H11F2NOS. The second kappa shape index (κ2) is 3.62. The summed E-state index contributed by atoms with van der Waals surface area (Å²) >= 11 is 0. The van der Waals surface area contributed by atoms with Crippen LogP contribution in [0.5, 0.6) is 0 Å². The van der Waals surface area contributed by atoms with E-state index < -0.39 is 21.8 Å². The van der Waals surface area contributed by atoms with Crippen molar-refractivity contribution < 1.29 is 13.0 Å². The molecule has 0 radical (unpaired) electrons. The standard InChI is InChI=1S/C13H11F2NOS/c1-18(17)13-5-3-2-4-8(13)9-6-10(14)11(15)7-12(9)16-18/h2-7,18H,1H3,(H,16,17). The van der Waals surface area contributed by atoms with E-state index in [0.29, 0.717) is 21.7 Å². The molecule has 0 atom stereocenters. The van der Waals surface area contributed by atoms with Crippen molar-refractivity contribution in [2.45, 2.75) is 4.90 Å². The molecule has 1 N–H and O–H groups in total. The molecule has 0 aromatic heterocycles. The zero-order valence-electron chi connectivity index (χ0n) is 9.58. The molecule has 0 amide bonds. The van der Waals surface area contributed by atoms with Crippen LogP contribution in [0.15, 0.2) is 41.3 Å². The summed E-state index contributed by atoms with van der Waals surface area (Å²) in [4.78, 5) is 0.642. The lowest BCUT2D eigenvalue weighted by atomic mass is 10.0. The van der Waals surface area contributed by atoms with Crippen LogP contribution in [-0.4, -0.2) is 10.5 Å². The molecular weight excluding hydrogens is 256 g/mol. The lowest BCUT2D eigenvalue weighted by molar-refractivity contribution is 0.509. The number of nitrogens with one attached hydrogen (secondary N) is 1. The third-order valence-electron chi connectivity index (χ3n) is 3.05. The second-order valence-corrected chi connectivity index (χ2v) is 6.92. The molecule has 1 aliphatic heterocycles. The highest BCUT2D eigenvalue weighted by Crippen LogP contribution is 2.41. The van der Waals surface area contributed by atoms with Gasteiger partial charge in [0, 0.05) is 22.8 Å². The summed E-state index contributed by atoms with van der Waals surface area (Å²) in [5.74, 6) is -1.85. The Hall–Kier alpha value is -1.75. The van der Waals surface area contributed by atoms with Crippen LogP contribution in [0.3, 0.4) is 0 Å². The summed E-state index contributed by atoms with van der Waals surface area (Å²) in [7, 11) is -2.78. The highest BCUT2D eigenvalue weighted by atomic mass is 32.3. The molecule has 3 rings (SSSR count). The first-order chi connectivity index (χ1) is 8.49. The molecule has 2 aromatic rings. The predicted molar refractivity (Wildman–Crippen MR) is 69.1 cm³/mol. The van der Waals surface area contributed by atoms with E-state index in [1.165, 1.54) is 0 Å². The zero-order chi connectivity index (χ0) is 12.9. The fourth-order valence-electron chi connectivity index (χ4n) is 2.23. The monoisotopic (exact) mass is 267 g/mol. The van der Waals surface area contributed by atoms with Crippen LogP contribution < -0.4 is 4.72 Å². The Morgan fingerprint density at radius 1 is 1.06 bits per heavy atom. The van der Waals surface area contributed by atoms with Crippen molar-refractivity contribution in [3.05, 3.63) is 48.0 Å². The lowest BCUT2D eigenvalue weighted by Gasteiger charge is -2.31. The van der Waals surface area contributed by atoms with Crippen molar-refractivity contribution in [3.8, 4) is 11.1 Å². The smallest absolute Gasteiger partial charge is 0.160 e. The van der Waals surface area contributed by atoms with E-state index in [1.807, 2.05) is 0 Å². The van der Waals surface area contributed by atoms with E-state index in [1.54, 1.807) is 30.5 Å². The molecule has 1 heterocycles. The Morgan fingerprint density at radius 2 is 1.72 bits per heavy atom. The quantitative estimate of drug-likeness (QED) is 0.706. The van der Waals surface area contributed by atoms with Gasteiger partial charge in [0.15, 0.2) is 11.6 Å². The lowest BCUT2D eigenvalue weighted by Crippen LogP contribution is -2.25. The van der Waals surface area contributed by atoms with Gasteiger partial charge in [-0.25, -0.2) is 8.78 Å². The molecule has 94 valence electrons. The topological polar surface area (TPSA) is 29.1 Å². The van der Waals surface area contributed by atoms with Crippen molar-refractivity contribution in [1.29, 1.82) is 0 Å². The maximum Gasteiger partial charge on any atom is 0.160 e. The minimum Gasteiger partial charge on any atom is -0.323 e. The molecule has 18 heavy (non-hydrogen) atoms. The van der Waals surface area contributed by atoms with Gasteiger partial charge < -0.3 is 4.72 Å². The Bertz CT molecular complexity index is 699. The summed E-state index contributed by atoms with van der Waals surface area (Å²) in [5, 5.41) is 0. The van der Waals surface area contributed by atoms with E-state index in [9.17, 15) is 13.0 Å². The Morgan fingerprint density at radius 3 is 2.50 bits per heavy atom. The molecule has 1 aliphatic rings. The van der Waals surface area contributed by atoms with Crippen LogP contribution in [0.25, 0.3) is 11.1 Å². The van der Waals surface area contributed by atoms with Crippen LogP contribution >= 0.6 is 0 Å². The number of rotatable bonds is 0. The van der Waals surface area contributed by atoms with Gasteiger partial charge in [0.1, 0.15) is 0 Å². The molecule has 0 unspecified atom stereocenters. The minimum atomic E-state index is -2.78. The molecule has 0 fully saturated rings. The first-order valence-corrected chi connectivity index (χ1v) is 7.59. The largest absolute Gasteiger partial charge is 0.323 e. The highest BCUT2D eigenvalue weighted by molar-refractivity contribution is 8.03. The van der Waals surface area contributed by atoms with Gasteiger partial charge >= 0.3 is 0 Å². The van der Waals surface area contributed by atoms with Crippen molar-refractivity contribution >= 4 is 15.8 Å². The van der Waals surface area contributed by atoms with Crippen LogP contribution in [0.1, 0.15) is 0 Å². The minimum absolute atomic E-state index is 0.374. The average molecular weight is 267 g/mol. The predicted octanol–water partition coefficient (Wildman–Crippen LogP) is 2.98. The summed E-state index contributed by atoms with van der Waals surface area (Å²) in [6.07, 6.45) is 1.58. The number of fused-ring (bicyclic) bond motifs is 3. The van der Waals surface area contributed by atoms with E-state index in [0.717, 1.165) is 12.1 Å². The molecule has 0 bridgehead atoms. The molecule has 0 saturated heterocycles. The van der Waals surface area contributed by atoms with Crippen LogP contribution in [0, 0.1) is 11.6 Å². The third-order valence-corrected chi connectivity index (χ3v) is 5.03. The van der Waals surface area contributed by atoms with Crippen molar-refractivity contribution in [1.82, 2.24) is 0 Å². The van der Waals surface area contributed by atoms with E-state index >= 15 is 0 Å². The summed E-state index contributed by atoms with van der Waals surface area (Å²) in [6, 6.07) is 9.26. The fourth-order valence-corrected chi connectivity index (χ4v) is 4.02. The Labute approximate surface area is 104 Å². The Kier molecular flexibility index (Phi) is 2.28. The van der Waals surface area contributed by atoms with E-state index in [2.05, 4.69) is 4.72 Å². The SMILES string of the molecule is C[SH]1(=O)Nc2cc(F)c(F)cc2-c2ccccc21. The first kappa shape index (κ1) is 11.3. The molecule has 0 saturated carbocycles. The van der Waals surface area contributed by atoms with E-state index in [-0.39, 0.29) is 0 Å². The second-order valence-electron chi connectivity index (χ2n) is 4.37. The number of hydrogen-bond acceptors (Lipinski definition) is 1. The van der Waals surface area contributed by atoms with E-state index in [4.69, 9.17) is 0 Å². The van der Waals surface area contributed by atoms with Crippen LogP contribution in [0.2, 0.25) is 0 Å². The number of anilines is 1.